The highest BCUT2D eigenvalue weighted by molar-refractivity contribution is 14.1. The Balaban J connectivity index is 2.14. The van der Waals surface area contributed by atoms with Crippen LogP contribution in [-0.4, -0.2) is 33.4 Å². The zero-order valence-electron chi connectivity index (χ0n) is 11.1. The van der Waals surface area contributed by atoms with Crippen LogP contribution in [0.25, 0.3) is 0 Å². The average Bonchev–Trinajstić information content (AvgIpc) is 2.68. The summed E-state index contributed by atoms with van der Waals surface area (Å²) in [6, 6.07) is 0. The van der Waals surface area contributed by atoms with Crippen molar-refractivity contribution in [3.05, 3.63) is 25.9 Å². The first-order valence-corrected chi connectivity index (χ1v) is 7.67. The highest BCUT2D eigenvalue weighted by Crippen LogP contribution is 2.10. The fourth-order valence-electron chi connectivity index (χ4n) is 2.29. The number of rotatable bonds is 2. The average molecular weight is 375 g/mol. The van der Waals surface area contributed by atoms with Gasteiger partial charge in [-0.25, -0.2) is 4.98 Å². The van der Waals surface area contributed by atoms with Gasteiger partial charge in [-0.3, -0.25) is 14.2 Å². The van der Waals surface area contributed by atoms with Crippen LogP contribution in [-0.2, 0) is 11.3 Å². The Labute approximate surface area is 126 Å². The molecule has 0 aromatic carbocycles. The fourth-order valence-corrected chi connectivity index (χ4v) is 2.72. The van der Waals surface area contributed by atoms with Crippen molar-refractivity contribution in [3.8, 4) is 0 Å². The van der Waals surface area contributed by atoms with Gasteiger partial charge in [0.1, 0.15) is 12.4 Å². The Hall–Kier alpha value is -0.920. The molecule has 0 N–H and O–H groups in total. The van der Waals surface area contributed by atoms with Crippen molar-refractivity contribution >= 4 is 28.5 Å². The van der Waals surface area contributed by atoms with Gasteiger partial charge in [-0.1, -0.05) is 12.8 Å². The number of hydrogen-bond acceptors (Lipinski definition) is 3. The molecule has 2 heterocycles. The highest BCUT2D eigenvalue weighted by atomic mass is 127. The molecule has 1 fully saturated rings. The van der Waals surface area contributed by atoms with E-state index >= 15 is 0 Å². The summed E-state index contributed by atoms with van der Waals surface area (Å²) in [5.74, 6) is 0.615. The van der Waals surface area contributed by atoms with Gasteiger partial charge in [0.25, 0.3) is 5.56 Å². The van der Waals surface area contributed by atoms with Crippen molar-refractivity contribution in [1.82, 2.24) is 14.5 Å². The Morgan fingerprint density at radius 3 is 2.58 bits per heavy atom. The largest absolute Gasteiger partial charge is 0.341 e. The van der Waals surface area contributed by atoms with Crippen LogP contribution < -0.4 is 5.56 Å². The Bertz CT molecular complexity index is 519. The molecule has 0 radical (unpaired) electrons. The normalized spacial score (nSPS) is 16.2. The molecule has 1 aromatic heterocycles. The van der Waals surface area contributed by atoms with Crippen LogP contribution in [0.15, 0.2) is 11.0 Å². The van der Waals surface area contributed by atoms with Gasteiger partial charge in [0.15, 0.2) is 0 Å². The van der Waals surface area contributed by atoms with Gasteiger partial charge in [-0.15, -0.1) is 0 Å². The summed E-state index contributed by atoms with van der Waals surface area (Å²) in [5, 5.41) is 0. The van der Waals surface area contributed by atoms with E-state index in [9.17, 15) is 9.59 Å². The van der Waals surface area contributed by atoms with E-state index in [0.29, 0.717) is 9.39 Å². The third kappa shape index (κ3) is 3.55. The fraction of sp³-hybridized carbons (Fsp3) is 0.615. The molecular formula is C13H18IN3O2. The van der Waals surface area contributed by atoms with E-state index in [1.165, 1.54) is 17.4 Å². The molecule has 0 bridgehead atoms. The van der Waals surface area contributed by atoms with Gasteiger partial charge >= 0.3 is 0 Å². The first-order valence-electron chi connectivity index (χ1n) is 6.59. The van der Waals surface area contributed by atoms with Crippen LogP contribution in [0.3, 0.4) is 0 Å². The predicted molar refractivity (Wildman–Crippen MR) is 81.0 cm³/mol. The molecular weight excluding hydrogens is 357 g/mol. The van der Waals surface area contributed by atoms with Crippen molar-refractivity contribution in [2.75, 3.05) is 13.1 Å². The molecule has 0 spiro atoms. The van der Waals surface area contributed by atoms with Gasteiger partial charge in [0, 0.05) is 19.3 Å². The molecule has 0 atom stereocenters. The molecule has 6 heteroatoms. The molecule has 104 valence electrons. The number of amides is 1. The van der Waals surface area contributed by atoms with Crippen molar-refractivity contribution in [3.63, 3.8) is 0 Å². The SMILES string of the molecule is Cc1ncc(I)c(=O)n1CC(=O)N1CCCCCC1. The first kappa shape index (κ1) is 14.5. The summed E-state index contributed by atoms with van der Waals surface area (Å²) < 4.78 is 2.02. The smallest absolute Gasteiger partial charge is 0.267 e. The summed E-state index contributed by atoms with van der Waals surface area (Å²) in [7, 11) is 0. The maximum atomic E-state index is 12.3. The molecule has 0 unspecified atom stereocenters. The summed E-state index contributed by atoms with van der Waals surface area (Å²) in [6.45, 7) is 3.48. The minimum atomic E-state index is -0.128. The molecule has 0 aliphatic carbocycles. The molecule has 1 aliphatic rings. The van der Waals surface area contributed by atoms with E-state index in [-0.39, 0.29) is 18.0 Å². The molecule has 0 saturated carbocycles. The molecule has 19 heavy (non-hydrogen) atoms. The Morgan fingerprint density at radius 1 is 1.32 bits per heavy atom. The lowest BCUT2D eigenvalue weighted by Crippen LogP contribution is -2.38. The van der Waals surface area contributed by atoms with Crippen LogP contribution in [0, 0.1) is 10.5 Å². The highest BCUT2D eigenvalue weighted by Gasteiger charge is 2.17. The minimum absolute atomic E-state index is 0.0240. The second-order valence-electron chi connectivity index (χ2n) is 4.84. The van der Waals surface area contributed by atoms with E-state index in [1.807, 2.05) is 27.5 Å². The van der Waals surface area contributed by atoms with E-state index in [1.54, 1.807) is 13.1 Å². The lowest BCUT2D eigenvalue weighted by molar-refractivity contribution is -0.131. The molecule has 1 amide bonds. The summed E-state index contributed by atoms with van der Waals surface area (Å²) in [6.07, 6.45) is 6.04. The number of aromatic nitrogens is 2. The second-order valence-corrected chi connectivity index (χ2v) is 6.00. The van der Waals surface area contributed by atoms with Crippen LogP contribution in [0.1, 0.15) is 31.5 Å². The standard InChI is InChI=1S/C13H18IN3O2/c1-10-15-8-11(14)13(19)17(10)9-12(18)16-6-4-2-3-5-7-16/h8H,2-7,9H2,1H3. The van der Waals surface area contributed by atoms with Crippen molar-refractivity contribution in [2.45, 2.75) is 39.2 Å². The number of carbonyl (C=O) groups excluding carboxylic acids is 1. The minimum Gasteiger partial charge on any atom is -0.341 e. The molecule has 5 nitrogen and oxygen atoms in total. The van der Waals surface area contributed by atoms with Gasteiger partial charge in [0.05, 0.1) is 3.57 Å². The van der Waals surface area contributed by atoms with E-state index in [0.717, 1.165) is 25.9 Å². The lowest BCUT2D eigenvalue weighted by atomic mass is 10.2. The first-order chi connectivity index (χ1) is 9.09. The molecule has 1 aliphatic heterocycles. The predicted octanol–water partition coefficient (Wildman–Crippen LogP) is 1.56. The van der Waals surface area contributed by atoms with Crippen LogP contribution >= 0.6 is 22.6 Å². The van der Waals surface area contributed by atoms with E-state index < -0.39 is 0 Å². The van der Waals surface area contributed by atoms with Crippen LogP contribution in [0.2, 0.25) is 0 Å². The summed E-state index contributed by atoms with van der Waals surface area (Å²) in [4.78, 5) is 30.3. The van der Waals surface area contributed by atoms with Crippen LogP contribution in [0.4, 0.5) is 0 Å². The number of halogens is 1. The number of nitrogens with zero attached hydrogens (tertiary/aromatic N) is 3. The molecule has 2 rings (SSSR count). The van der Waals surface area contributed by atoms with Crippen LogP contribution in [0.5, 0.6) is 0 Å². The maximum absolute atomic E-state index is 12.3. The third-order valence-electron chi connectivity index (χ3n) is 3.46. The number of hydrogen-bond donors (Lipinski definition) is 0. The maximum Gasteiger partial charge on any atom is 0.267 e. The quantitative estimate of drug-likeness (QED) is 0.738. The summed E-state index contributed by atoms with van der Waals surface area (Å²) in [5.41, 5.74) is -0.128. The second kappa shape index (κ2) is 6.49. The third-order valence-corrected chi connectivity index (χ3v) is 4.20. The zero-order chi connectivity index (χ0) is 13.8. The number of carbonyl (C=O) groups is 1. The van der Waals surface area contributed by atoms with Gasteiger partial charge < -0.3 is 4.90 Å². The zero-order valence-corrected chi connectivity index (χ0v) is 13.2. The van der Waals surface area contributed by atoms with Gasteiger partial charge in [-0.05, 0) is 42.4 Å². The topological polar surface area (TPSA) is 55.2 Å². The van der Waals surface area contributed by atoms with Crippen molar-refractivity contribution < 1.29 is 4.79 Å². The van der Waals surface area contributed by atoms with Gasteiger partial charge in [-0.2, -0.15) is 0 Å². The van der Waals surface area contributed by atoms with Crippen molar-refractivity contribution in [2.24, 2.45) is 0 Å². The van der Waals surface area contributed by atoms with E-state index in [4.69, 9.17) is 0 Å². The molecule has 1 saturated heterocycles. The van der Waals surface area contributed by atoms with Gasteiger partial charge in [0.2, 0.25) is 5.91 Å². The number of likely N-dealkylation sites (tertiary alicyclic amines) is 1. The molecule has 1 aromatic rings. The Morgan fingerprint density at radius 2 is 1.95 bits per heavy atom. The number of aryl methyl sites for hydroxylation is 1. The summed E-state index contributed by atoms with van der Waals surface area (Å²) >= 11 is 1.95. The van der Waals surface area contributed by atoms with Crippen molar-refractivity contribution in [1.29, 1.82) is 0 Å². The lowest BCUT2D eigenvalue weighted by Gasteiger charge is -2.21. The monoisotopic (exact) mass is 375 g/mol. The Kier molecular flexibility index (Phi) is 4.95. The van der Waals surface area contributed by atoms with E-state index in [2.05, 4.69) is 4.98 Å².